The van der Waals surface area contributed by atoms with Crippen molar-refractivity contribution in [2.75, 3.05) is 11.7 Å². The number of thiazole rings is 1. The number of fused-ring (bicyclic) bond motifs is 2. The zero-order chi connectivity index (χ0) is 20.5. The van der Waals surface area contributed by atoms with Crippen LogP contribution in [-0.2, 0) is 13.0 Å². The summed E-state index contributed by atoms with van der Waals surface area (Å²) in [5.74, 6) is 1.14. The molecule has 6 heteroatoms. The van der Waals surface area contributed by atoms with E-state index in [1.807, 2.05) is 36.4 Å². The molecule has 5 rings (SSSR count). The van der Waals surface area contributed by atoms with Crippen LogP contribution in [0.25, 0.3) is 10.2 Å². The molecule has 0 atom stereocenters. The predicted molar refractivity (Wildman–Crippen MR) is 119 cm³/mol. The van der Waals surface area contributed by atoms with Crippen LogP contribution in [0.4, 0.5) is 5.13 Å². The Bertz CT molecular complexity index is 1220. The van der Waals surface area contributed by atoms with Gasteiger partial charge in [-0.05, 0) is 41.8 Å². The molecule has 30 heavy (non-hydrogen) atoms. The summed E-state index contributed by atoms with van der Waals surface area (Å²) in [6, 6.07) is 21.5. The topological polar surface area (TPSA) is 51.7 Å². The molecule has 0 saturated carbocycles. The maximum absolute atomic E-state index is 13.6. The number of hydrogen-bond acceptors (Lipinski definition) is 5. The first-order chi connectivity index (χ1) is 14.7. The van der Waals surface area contributed by atoms with E-state index in [0.29, 0.717) is 28.7 Å². The minimum absolute atomic E-state index is 0.116. The summed E-state index contributed by atoms with van der Waals surface area (Å²) in [5, 5.41) is 0.692. The van der Waals surface area contributed by atoms with E-state index < -0.39 is 0 Å². The summed E-state index contributed by atoms with van der Waals surface area (Å²) < 4.78 is 11.9. The lowest BCUT2D eigenvalue weighted by atomic mass is 10.1. The van der Waals surface area contributed by atoms with Crippen molar-refractivity contribution in [3.05, 3.63) is 83.4 Å². The van der Waals surface area contributed by atoms with Crippen LogP contribution in [0.2, 0.25) is 0 Å². The van der Waals surface area contributed by atoms with E-state index in [0.717, 1.165) is 22.2 Å². The number of nitrogens with zero attached hydrogens (tertiary/aromatic N) is 2. The summed E-state index contributed by atoms with van der Waals surface area (Å²) in [6.07, 6.45) is 0.898. The number of rotatable bonds is 5. The van der Waals surface area contributed by atoms with Gasteiger partial charge in [-0.1, -0.05) is 60.7 Å². The SMILES string of the molecule is CCc1cccc2sc(N(Cc3ccccc3)C(=O)c3ccc4c(c3)OCO4)nc12. The number of anilines is 1. The van der Waals surface area contributed by atoms with Gasteiger partial charge in [0.1, 0.15) is 0 Å². The molecule has 0 spiro atoms. The van der Waals surface area contributed by atoms with Gasteiger partial charge in [-0.25, -0.2) is 4.98 Å². The van der Waals surface area contributed by atoms with Crippen molar-refractivity contribution in [1.29, 1.82) is 0 Å². The zero-order valence-corrected chi connectivity index (χ0v) is 17.3. The summed E-state index contributed by atoms with van der Waals surface area (Å²) >= 11 is 1.54. The first-order valence-corrected chi connectivity index (χ1v) is 10.7. The first kappa shape index (κ1) is 18.6. The van der Waals surface area contributed by atoms with Crippen molar-refractivity contribution in [1.82, 2.24) is 4.98 Å². The third-order valence-corrected chi connectivity index (χ3v) is 6.19. The van der Waals surface area contributed by atoms with Gasteiger partial charge in [0.25, 0.3) is 5.91 Å². The zero-order valence-electron chi connectivity index (χ0n) is 16.5. The number of carbonyl (C=O) groups excluding carboxylic acids is 1. The molecule has 1 aliphatic heterocycles. The highest BCUT2D eigenvalue weighted by molar-refractivity contribution is 7.22. The number of hydrogen-bond donors (Lipinski definition) is 0. The fraction of sp³-hybridized carbons (Fsp3) is 0.167. The lowest BCUT2D eigenvalue weighted by Gasteiger charge is -2.20. The molecule has 1 aromatic heterocycles. The molecular weight excluding hydrogens is 396 g/mol. The van der Waals surface area contributed by atoms with Crippen molar-refractivity contribution in [3.63, 3.8) is 0 Å². The molecule has 1 aliphatic rings. The Morgan fingerprint density at radius 2 is 1.87 bits per heavy atom. The van der Waals surface area contributed by atoms with Gasteiger partial charge in [-0.2, -0.15) is 0 Å². The Morgan fingerprint density at radius 1 is 1.03 bits per heavy atom. The Kier molecular flexibility index (Phi) is 4.85. The number of ether oxygens (including phenoxy) is 2. The van der Waals surface area contributed by atoms with Gasteiger partial charge in [0.15, 0.2) is 16.6 Å². The highest BCUT2D eigenvalue weighted by atomic mass is 32.1. The molecule has 0 fully saturated rings. The largest absolute Gasteiger partial charge is 0.454 e. The smallest absolute Gasteiger partial charge is 0.260 e. The number of aromatic nitrogens is 1. The van der Waals surface area contributed by atoms with Gasteiger partial charge in [-0.3, -0.25) is 9.69 Å². The molecule has 0 unspecified atom stereocenters. The van der Waals surface area contributed by atoms with E-state index in [1.54, 1.807) is 34.4 Å². The van der Waals surface area contributed by atoms with Crippen LogP contribution in [0.3, 0.4) is 0 Å². The van der Waals surface area contributed by atoms with Crippen molar-refractivity contribution in [3.8, 4) is 11.5 Å². The molecule has 5 nitrogen and oxygen atoms in total. The lowest BCUT2D eigenvalue weighted by Crippen LogP contribution is -2.30. The molecule has 1 amide bonds. The van der Waals surface area contributed by atoms with Gasteiger partial charge in [0.2, 0.25) is 6.79 Å². The van der Waals surface area contributed by atoms with Crippen LogP contribution in [0, 0.1) is 0 Å². The van der Waals surface area contributed by atoms with Crippen molar-refractivity contribution in [2.45, 2.75) is 19.9 Å². The molecule has 2 heterocycles. The Balaban J connectivity index is 1.57. The third-order valence-electron chi connectivity index (χ3n) is 5.15. The lowest BCUT2D eigenvalue weighted by molar-refractivity contribution is 0.0984. The number of carbonyl (C=O) groups is 1. The van der Waals surface area contributed by atoms with Crippen molar-refractivity contribution < 1.29 is 14.3 Å². The van der Waals surface area contributed by atoms with Crippen LogP contribution < -0.4 is 14.4 Å². The van der Waals surface area contributed by atoms with E-state index in [1.165, 1.54) is 5.56 Å². The second-order valence-electron chi connectivity index (χ2n) is 7.06. The average molecular weight is 417 g/mol. The van der Waals surface area contributed by atoms with E-state index in [4.69, 9.17) is 14.5 Å². The molecule has 0 saturated heterocycles. The van der Waals surface area contributed by atoms with E-state index >= 15 is 0 Å². The second-order valence-corrected chi connectivity index (χ2v) is 8.07. The molecule has 4 aromatic rings. The minimum atomic E-state index is -0.116. The maximum Gasteiger partial charge on any atom is 0.260 e. The molecule has 0 bridgehead atoms. The normalized spacial score (nSPS) is 12.3. The van der Waals surface area contributed by atoms with E-state index in [2.05, 4.69) is 19.1 Å². The first-order valence-electron chi connectivity index (χ1n) is 9.87. The second kappa shape index (κ2) is 7.80. The minimum Gasteiger partial charge on any atom is -0.454 e. The van der Waals surface area contributed by atoms with Gasteiger partial charge in [-0.15, -0.1) is 0 Å². The summed E-state index contributed by atoms with van der Waals surface area (Å²) in [5.41, 5.74) is 3.74. The predicted octanol–water partition coefficient (Wildman–Crippen LogP) is 5.43. The number of benzene rings is 3. The Morgan fingerprint density at radius 3 is 2.70 bits per heavy atom. The number of para-hydroxylation sites is 1. The Hall–Kier alpha value is -3.38. The standard InChI is InChI=1S/C24H20N2O3S/c1-2-17-9-6-10-21-22(17)25-24(30-21)26(14-16-7-4-3-5-8-16)23(27)18-11-12-19-20(13-18)29-15-28-19/h3-13H,2,14-15H2,1H3. The van der Waals surface area contributed by atoms with Crippen molar-refractivity contribution >= 4 is 32.6 Å². The fourth-order valence-corrected chi connectivity index (χ4v) is 4.58. The molecule has 0 radical (unpaired) electrons. The monoisotopic (exact) mass is 416 g/mol. The summed E-state index contributed by atoms with van der Waals surface area (Å²) in [7, 11) is 0. The number of amides is 1. The third kappa shape index (κ3) is 3.39. The van der Waals surface area contributed by atoms with Crippen LogP contribution in [-0.4, -0.2) is 17.7 Å². The summed E-state index contributed by atoms with van der Waals surface area (Å²) in [6.45, 7) is 2.74. The van der Waals surface area contributed by atoms with Crippen molar-refractivity contribution in [2.24, 2.45) is 0 Å². The average Bonchev–Trinajstić information content (AvgIpc) is 3.43. The molecular formula is C24H20N2O3S. The van der Waals surface area contributed by atoms with E-state index in [9.17, 15) is 4.79 Å². The van der Waals surface area contributed by atoms with Gasteiger partial charge >= 0.3 is 0 Å². The highest BCUT2D eigenvalue weighted by Crippen LogP contribution is 2.35. The number of aryl methyl sites for hydroxylation is 1. The van der Waals surface area contributed by atoms with Gasteiger partial charge in [0, 0.05) is 5.56 Å². The Labute approximate surface area is 178 Å². The molecule has 0 aliphatic carbocycles. The van der Waals surface area contributed by atoms with Crippen LogP contribution in [0.15, 0.2) is 66.7 Å². The van der Waals surface area contributed by atoms with E-state index in [-0.39, 0.29) is 12.7 Å². The fourth-order valence-electron chi connectivity index (χ4n) is 3.57. The van der Waals surface area contributed by atoms with Gasteiger partial charge in [0.05, 0.1) is 16.8 Å². The van der Waals surface area contributed by atoms with Crippen LogP contribution in [0.1, 0.15) is 28.4 Å². The molecule has 3 aromatic carbocycles. The quantitative estimate of drug-likeness (QED) is 0.435. The van der Waals surface area contributed by atoms with Crippen LogP contribution >= 0.6 is 11.3 Å². The van der Waals surface area contributed by atoms with Gasteiger partial charge < -0.3 is 9.47 Å². The molecule has 150 valence electrons. The highest BCUT2D eigenvalue weighted by Gasteiger charge is 2.24. The molecule has 0 N–H and O–H groups in total. The maximum atomic E-state index is 13.6. The summed E-state index contributed by atoms with van der Waals surface area (Å²) in [4.78, 5) is 20.2. The van der Waals surface area contributed by atoms with Crippen LogP contribution in [0.5, 0.6) is 11.5 Å².